The molecule has 1 aromatic heterocycles. The lowest BCUT2D eigenvalue weighted by Gasteiger charge is -2.22. The third-order valence-corrected chi connectivity index (χ3v) is 7.06. The number of rotatable bonds is 8. The highest BCUT2D eigenvalue weighted by Gasteiger charge is 2.24. The SMILES string of the molecule is O=C(CSc1nnc(C2CCCCC2)n1-c1ccccc1)NCCC1=CCCCC1. The standard InChI is InChI=1S/C24H32N4OS/c29-22(25-17-16-19-10-4-1-5-11-19)18-30-24-27-26-23(20-12-6-2-7-13-20)28(24)21-14-8-3-9-15-21/h3,8-10,14-15,20H,1-2,4-7,11-13,16-18H2,(H,25,29). The van der Waals surface area contributed by atoms with Crippen LogP contribution in [0.5, 0.6) is 0 Å². The van der Waals surface area contributed by atoms with Crippen LogP contribution in [-0.4, -0.2) is 33.0 Å². The van der Waals surface area contributed by atoms with Crippen molar-refractivity contribution >= 4 is 17.7 Å². The normalized spacial score (nSPS) is 17.5. The maximum Gasteiger partial charge on any atom is 0.230 e. The Morgan fingerprint density at radius 2 is 1.90 bits per heavy atom. The quantitative estimate of drug-likeness (QED) is 0.454. The third kappa shape index (κ3) is 5.54. The molecule has 1 amide bonds. The highest BCUT2D eigenvalue weighted by atomic mass is 32.2. The lowest BCUT2D eigenvalue weighted by atomic mass is 9.88. The van der Waals surface area contributed by atoms with E-state index in [1.165, 1.54) is 75.1 Å². The molecule has 1 aromatic carbocycles. The molecule has 6 heteroatoms. The number of benzene rings is 1. The minimum atomic E-state index is 0.0678. The van der Waals surface area contributed by atoms with E-state index in [9.17, 15) is 4.79 Å². The fourth-order valence-electron chi connectivity index (χ4n) is 4.49. The molecule has 0 bridgehead atoms. The lowest BCUT2D eigenvalue weighted by Crippen LogP contribution is -2.26. The number of amides is 1. The third-order valence-electron chi connectivity index (χ3n) is 6.13. The summed E-state index contributed by atoms with van der Waals surface area (Å²) in [6.45, 7) is 0.726. The average Bonchev–Trinajstić information content (AvgIpc) is 3.23. The number of para-hydroxylation sites is 1. The average molecular weight is 425 g/mol. The van der Waals surface area contributed by atoms with E-state index in [1.807, 2.05) is 18.2 Å². The smallest absolute Gasteiger partial charge is 0.230 e. The fourth-order valence-corrected chi connectivity index (χ4v) is 5.28. The molecule has 0 spiro atoms. The van der Waals surface area contributed by atoms with Gasteiger partial charge in [-0.15, -0.1) is 10.2 Å². The molecule has 4 rings (SSSR count). The largest absolute Gasteiger partial charge is 0.355 e. The number of hydrogen-bond donors (Lipinski definition) is 1. The summed E-state index contributed by atoms with van der Waals surface area (Å²) in [6.07, 6.45) is 14.5. The Morgan fingerprint density at radius 1 is 1.07 bits per heavy atom. The van der Waals surface area contributed by atoms with Gasteiger partial charge in [0.05, 0.1) is 5.75 Å². The molecule has 0 radical (unpaired) electrons. The second-order valence-corrected chi connectivity index (χ2v) is 9.29. The Hall–Kier alpha value is -2.08. The van der Waals surface area contributed by atoms with Gasteiger partial charge >= 0.3 is 0 Å². The summed E-state index contributed by atoms with van der Waals surface area (Å²) in [5, 5.41) is 12.9. The molecule has 2 aromatic rings. The van der Waals surface area contributed by atoms with Gasteiger partial charge in [0, 0.05) is 18.2 Å². The van der Waals surface area contributed by atoms with E-state index in [-0.39, 0.29) is 5.91 Å². The van der Waals surface area contributed by atoms with Gasteiger partial charge in [0.15, 0.2) is 5.16 Å². The molecule has 0 atom stereocenters. The summed E-state index contributed by atoms with van der Waals surface area (Å²) in [6, 6.07) is 10.3. The van der Waals surface area contributed by atoms with Crippen LogP contribution in [0.15, 0.2) is 47.1 Å². The molecule has 0 saturated heterocycles. The van der Waals surface area contributed by atoms with Gasteiger partial charge < -0.3 is 5.32 Å². The number of nitrogens with one attached hydrogen (secondary N) is 1. The maximum atomic E-state index is 12.4. The topological polar surface area (TPSA) is 59.8 Å². The zero-order valence-electron chi connectivity index (χ0n) is 17.7. The van der Waals surface area contributed by atoms with Crippen LogP contribution in [0, 0.1) is 0 Å². The molecule has 1 fully saturated rings. The van der Waals surface area contributed by atoms with Crippen LogP contribution < -0.4 is 5.32 Å². The minimum Gasteiger partial charge on any atom is -0.355 e. The van der Waals surface area contributed by atoms with E-state index < -0.39 is 0 Å². The van der Waals surface area contributed by atoms with Crippen molar-refractivity contribution in [3.05, 3.63) is 47.8 Å². The number of hydrogen-bond acceptors (Lipinski definition) is 4. The van der Waals surface area contributed by atoms with Crippen LogP contribution in [0.4, 0.5) is 0 Å². The van der Waals surface area contributed by atoms with Crippen molar-refractivity contribution in [3.8, 4) is 5.69 Å². The molecule has 2 aliphatic rings. The lowest BCUT2D eigenvalue weighted by molar-refractivity contribution is -0.118. The van der Waals surface area contributed by atoms with Crippen LogP contribution >= 0.6 is 11.8 Å². The summed E-state index contributed by atoms with van der Waals surface area (Å²) in [7, 11) is 0. The fraction of sp³-hybridized carbons (Fsp3) is 0.542. The number of carbonyl (C=O) groups is 1. The van der Waals surface area contributed by atoms with Crippen molar-refractivity contribution in [3.63, 3.8) is 0 Å². The molecule has 30 heavy (non-hydrogen) atoms. The van der Waals surface area contributed by atoms with Crippen molar-refractivity contribution in [2.75, 3.05) is 12.3 Å². The van der Waals surface area contributed by atoms with Crippen molar-refractivity contribution in [1.29, 1.82) is 0 Å². The van der Waals surface area contributed by atoms with Gasteiger partial charge in [-0.1, -0.05) is 60.9 Å². The molecule has 0 aliphatic heterocycles. The van der Waals surface area contributed by atoms with Gasteiger partial charge in [0.2, 0.25) is 5.91 Å². The predicted molar refractivity (Wildman–Crippen MR) is 122 cm³/mol. The van der Waals surface area contributed by atoms with Crippen LogP contribution in [0.25, 0.3) is 5.69 Å². The van der Waals surface area contributed by atoms with E-state index in [0.29, 0.717) is 11.7 Å². The maximum absolute atomic E-state index is 12.4. The first kappa shape index (κ1) is 21.2. The zero-order valence-corrected chi connectivity index (χ0v) is 18.5. The molecule has 1 heterocycles. The van der Waals surface area contributed by atoms with Crippen molar-refractivity contribution in [1.82, 2.24) is 20.1 Å². The predicted octanol–water partition coefficient (Wildman–Crippen LogP) is 5.41. The molecule has 2 aliphatic carbocycles. The van der Waals surface area contributed by atoms with E-state index in [2.05, 4.69) is 38.3 Å². The summed E-state index contributed by atoms with van der Waals surface area (Å²) in [4.78, 5) is 12.4. The summed E-state index contributed by atoms with van der Waals surface area (Å²) >= 11 is 1.48. The minimum absolute atomic E-state index is 0.0678. The second kappa shape index (κ2) is 10.8. The summed E-state index contributed by atoms with van der Waals surface area (Å²) in [5.74, 6) is 1.94. The molecule has 160 valence electrons. The van der Waals surface area contributed by atoms with Gasteiger partial charge in [-0.25, -0.2) is 0 Å². The number of carbonyl (C=O) groups excluding carboxylic acids is 1. The number of allylic oxidation sites excluding steroid dienone is 1. The Kier molecular flexibility index (Phi) is 7.62. The summed E-state index contributed by atoms with van der Waals surface area (Å²) < 4.78 is 2.17. The van der Waals surface area contributed by atoms with Crippen molar-refractivity contribution in [2.24, 2.45) is 0 Å². The summed E-state index contributed by atoms with van der Waals surface area (Å²) in [5.41, 5.74) is 2.57. The molecular weight excluding hydrogens is 392 g/mol. The number of aromatic nitrogens is 3. The van der Waals surface area contributed by atoms with Crippen LogP contribution in [0.1, 0.15) is 76.0 Å². The van der Waals surface area contributed by atoms with Crippen molar-refractivity contribution in [2.45, 2.75) is 75.3 Å². The molecule has 5 nitrogen and oxygen atoms in total. The van der Waals surface area contributed by atoms with E-state index >= 15 is 0 Å². The van der Waals surface area contributed by atoms with Crippen molar-refractivity contribution < 1.29 is 4.79 Å². The first-order chi connectivity index (χ1) is 14.8. The highest BCUT2D eigenvalue weighted by molar-refractivity contribution is 7.99. The van der Waals surface area contributed by atoms with E-state index in [0.717, 1.165) is 29.6 Å². The number of nitrogens with zero attached hydrogens (tertiary/aromatic N) is 3. The van der Waals surface area contributed by atoms with Gasteiger partial charge in [-0.3, -0.25) is 9.36 Å². The van der Waals surface area contributed by atoms with Crippen LogP contribution in [-0.2, 0) is 4.79 Å². The van der Waals surface area contributed by atoms with Gasteiger partial charge in [-0.2, -0.15) is 0 Å². The Labute approximate surface area is 183 Å². The molecule has 1 saturated carbocycles. The zero-order chi connectivity index (χ0) is 20.6. The second-order valence-electron chi connectivity index (χ2n) is 8.34. The van der Waals surface area contributed by atoms with Gasteiger partial charge in [0.1, 0.15) is 5.82 Å². The number of thioether (sulfide) groups is 1. The monoisotopic (exact) mass is 424 g/mol. The molecule has 1 N–H and O–H groups in total. The highest BCUT2D eigenvalue weighted by Crippen LogP contribution is 2.34. The van der Waals surface area contributed by atoms with Crippen LogP contribution in [0.2, 0.25) is 0 Å². The van der Waals surface area contributed by atoms with Crippen LogP contribution in [0.3, 0.4) is 0 Å². The Bertz CT molecular complexity index is 855. The molecule has 0 unspecified atom stereocenters. The van der Waals surface area contributed by atoms with E-state index in [1.54, 1.807) is 0 Å². The molecular formula is C24H32N4OS. The van der Waals surface area contributed by atoms with E-state index in [4.69, 9.17) is 0 Å². The first-order valence-electron chi connectivity index (χ1n) is 11.4. The van der Waals surface area contributed by atoms with Gasteiger partial charge in [0.25, 0.3) is 0 Å². The first-order valence-corrected chi connectivity index (χ1v) is 12.4. The Balaban J connectivity index is 1.39. The van der Waals surface area contributed by atoms with Gasteiger partial charge in [-0.05, 0) is 57.1 Å². The Morgan fingerprint density at radius 3 is 2.67 bits per heavy atom.